The topological polar surface area (TPSA) is 61.8 Å². The highest BCUT2D eigenvalue weighted by atomic mass is 16.5. The number of amides is 1. The van der Waals surface area contributed by atoms with Crippen molar-refractivity contribution in [2.75, 3.05) is 32.8 Å². The molecule has 1 amide bonds. The molecule has 0 aliphatic heterocycles. The Kier molecular flexibility index (Phi) is 7.91. The van der Waals surface area contributed by atoms with Crippen LogP contribution >= 0.6 is 0 Å². The number of aryl methyl sites for hydroxylation is 2. The fourth-order valence-corrected chi connectivity index (χ4v) is 2.32. The van der Waals surface area contributed by atoms with Gasteiger partial charge in [-0.05, 0) is 50.6 Å². The first-order valence-corrected chi connectivity index (χ1v) is 7.82. The molecule has 5 heteroatoms. The summed E-state index contributed by atoms with van der Waals surface area (Å²) in [5.41, 5.74) is 2.27. The third kappa shape index (κ3) is 6.91. The molecule has 0 radical (unpaired) electrons. The molecule has 2 N–H and O–H groups in total. The smallest absolute Gasteiger partial charge is 0.234 e. The minimum absolute atomic E-state index is 0.0215. The van der Waals surface area contributed by atoms with Crippen molar-refractivity contribution in [3.8, 4) is 5.75 Å². The summed E-state index contributed by atoms with van der Waals surface area (Å²) in [5.74, 6) is 0.745. The number of rotatable bonds is 9. The van der Waals surface area contributed by atoms with Crippen LogP contribution in [-0.4, -0.2) is 54.8 Å². The van der Waals surface area contributed by atoms with Gasteiger partial charge in [0.25, 0.3) is 0 Å². The number of aliphatic hydroxyl groups excluding tert-OH is 1. The van der Waals surface area contributed by atoms with Gasteiger partial charge in [0, 0.05) is 13.1 Å². The predicted octanol–water partition coefficient (Wildman–Crippen LogP) is 1.50. The summed E-state index contributed by atoms with van der Waals surface area (Å²) in [6, 6.07) is 5.98. The van der Waals surface area contributed by atoms with Crippen molar-refractivity contribution < 1.29 is 14.6 Å². The van der Waals surface area contributed by atoms with E-state index in [0.29, 0.717) is 26.2 Å². The van der Waals surface area contributed by atoms with Gasteiger partial charge in [0.05, 0.1) is 6.54 Å². The second-order valence-electron chi connectivity index (χ2n) is 5.57. The summed E-state index contributed by atoms with van der Waals surface area (Å²) < 4.78 is 5.65. The number of carbonyl (C=O) groups excluding carboxylic acids is 1. The van der Waals surface area contributed by atoms with Gasteiger partial charge in [0.15, 0.2) is 0 Å². The molecule has 0 bridgehead atoms. The van der Waals surface area contributed by atoms with Gasteiger partial charge < -0.3 is 15.2 Å². The van der Waals surface area contributed by atoms with Crippen molar-refractivity contribution in [1.29, 1.82) is 0 Å². The molecule has 5 nitrogen and oxygen atoms in total. The number of likely N-dealkylation sites (N-methyl/N-ethyl adjacent to an activating group) is 2. The zero-order chi connectivity index (χ0) is 16.5. The third-order valence-electron chi connectivity index (χ3n) is 3.29. The molecule has 124 valence electrons. The minimum Gasteiger partial charge on any atom is -0.491 e. The lowest BCUT2D eigenvalue weighted by molar-refractivity contribution is -0.122. The number of nitrogens with one attached hydrogen (secondary N) is 1. The molecule has 0 fully saturated rings. The summed E-state index contributed by atoms with van der Waals surface area (Å²) in [4.78, 5) is 13.5. The van der Waals surface area contributed by atoms with Crippen molar-refractivity contribution in [3.63, 3.8) is 0 Å². The van der Waals surface area contributed by atoms with Crippen LogP contribution in [0, 0.1) is 13.8 Å². The van der Waals surface area contributed by atoms with E-state index < -0.39 is 6.10 Å². The van der Waals surface area contributed by atoms with Crippen LogP contribution in [0.2, 0.25) is 0 Å². The Labute approximate surface area is 133 Å². The standard InChI is InChI=1S/C17H28N2O3/c1-5-18-17(21)11-19(6-2)10-15(20)12-22-16-8-13(3)7-14(4)9-16/h7-9,15,20H,5-6,10-12H2,1-4H3,(H,18,21). The lowest BCUT2D eigenvalue weighted by Crippen LogP contribution is -2.42. The van der Waals surface area contributed by atoms with Crippen molar-refractivity contribution in [2.24, 2.45) is 0 Å². The summed E-state index contributed by atoms with van der Waals surface area (Å²) in [6.07, 6.45) is -0.629. The van der Waals surface area contributed by atoms with E-state index in [1.807, 2.05) is 44.7 Å². The Bertz CT molecular complexity index is 457. The Hall–Kier alpha value is -1.59. The normalized spacial score (nSPS) is 12.3. The fraction of sp³-hybridized carbons (Fsp3) is 0.588. The first kappa shape index (κ1) is 18.5. The average Bonchev–Trinajstić information content (AvgIpc) is 2.43. The average molecular weight is 308 g/mol. The van der Waals surface area contributed by atoms with Gasteiger partial charge in [-0.2, -0.15) is 0 Å². The first-order valence-electron chi connectivity index (χ1n) is 7.82. The largest absolute Gasteiger partial charge is 0.491 e. The zero-order valence-electron chi connectivity index (χ0n) is 14.1. The molecule has 22 heavy (non-hydrogen) atoms. The van der Waals surface area contributed by atoms with E-state index in [0.717, 1.165) is 16.9 Å². The molecule has 1 rings (SSSR count). The van der Waals surface area contributed by atoms with E-state index in [1.165, 1.54) is 0 Å². The minimum atomic E-state index is -0.629. The van der Waals surface area contributed by atoms with E-state index >= 15 is 0 Å². The van der Waals surface area contributed by atoms with Gasteiger partial charge in [0.1, 0.15) is 18.5 Å². The van der Waals surface area contributed by atoms with E-state index in [2.05, 4.69) is 11.4 Å². The molecule has 0 saturated heterocycles. The molecule has 0 saturated carbocycles. The maximum Gasteiger partial charge on any atom is 0.234 e. The molecule has 0 aromatic heterocycles. The molecule has 0 spiro atoms. The van der Waals surface area contributed by atoms with Crippen LogP contribution < -0.4 is 10.1 Å². The van der Waals surface area contributed by atoms with E-state index in [4.69, 9.17) is 4.74 Å². The van der Waals surface area contributed by atoms with Gasteiger partial charge >= 0.3 is 0 Å². The van der Waals surface area contributed by atoms with Crippen LogP contribution in [0.5, 0.6) is 5.75 Å². The second-order valence-corrected chi connectivity index (χ2v) is 5.57. The molecule has 0 aliphatic rings. The fourth-order valence-electron chi connectivity index (χ4n) is 2.32. The molecule has 1 aromatic carbocycles. The van der Waals surface area contributed by atoms with Gasteiger partial charge in [0.2, 0.25) is 5.91 Å². The Morgan fingerprint density at radius 3 is 2.45 bits per heavy atom. The first-order chi connectivity index (χ1) is 10.4. The Morgan fingerprint density at radius 1 is 1.27 bits per heavy atom. The maximum atomic E-state index is 11.6. The summed E-state index contributed by atoms with van der Waals surface area (Å²) in [5, 5.41) is 12.9. The van der Waals surface area contributed by atoms with Crippen LogP contribution in [0.15, 0.2) is 18.2 Å². The molecule has 1 unspecified atom stereocenters. The number of nitrogens with zero attached hydrogens (tertiary/aromatic N) is 1. The van der Waals surface area contributed by atoms with Gasteiger partial charge in [-0.3, -0.25) is 9.69 Å². The summed E-state index contributed by atoms with van der Waals surface area (Å²) in [7, 11) is 0. The summed E-state index contributed by atoms with van der Waals surface area (Å²) >= 11 is 0. The highest BCUT2D eigenvalue weighted by Crippen LogP contribution is 2.16. The maximum absolute atomic E-state index is 11.6. The zero-order valence-corrected chi connectivity index (χ0v) is 14.1. The number of hydrogen-bond donors (Lipinski definition) is 2. The van der Waals surface area contributed by atoms with Crippen LogP contribution in [0.3, 0.4) is 0 Å². The number of carbonyl (C=O) groups is 1. The highest BCUT2D eigenvalue weighted by molar-refractivity contribution is 5.77. The predicted molar refractivity (Wildman–Crippen MR) is 88.2 cm³/mol. The SMILES string of the molecule is CCNC(=O)CN(CC)CC(O)COc1cc(C)cc(C)c1. The van der Waals surface area contributed by atoms with Gasteiger partial charge in [-0.15, -0.1) is 0 Å². The Morgan fingerprint density at radius 2 is 1.91 bits per heavy atom. The number of hydrogen-bond acceptors (Lipinski definition) is 4. The lowest BCUT2D eigenvalue weighted by Gasteiger charge is -2.23. The number of benzene rings is 1. The quantitative estimate of drug-likeness (QED) is 0.726. The molecule has 1 aromatic rings. The van der Waals surface area contributed by atoms with E-state index in [1.54, 1.807) is 0 Å². The lowest BCUT2D eigenvalue weighted by atomic mass is 10.1. The van der Waals surface area contributed by atoms with Crippen LogP contribution in [0.4, 0.5) is 0 Å². The van der Waals surface area contributed by atoms with Crippen molar-refractivity contribution in [3.05, 3.63) is 29.3 Å². The molecule has 0 aliphatic carbocycles. The third-order valence-corrected chi connectivity index (χ3v) is 3.29. The van der Waals surface area contributed by atoms with Crippen molar-refractivity contribution in [1.82, 2.24) is 10.2 Å². The second kappa shape index (κ2) is 9.43. The van der Waals surface area contributed by atoms with Crippen LogP contribution in [0.1, 0.15) is 25.0 Å². The molecule has 1 atom stereocenters. The number of aliphatic hydroxyl groups is 1. The van der Waals surface area contributed by atoms with Crippen molar-refractivity contribution >= 4 is 5.91 Å². The monoisotopic (exact) mass is 308 g/mol. The van der Waals surface area contributed by atoms with Gasteiger partial charge in [-0.1, -0.05) is 13.0 Å². The Balaban J connectivity index is 2.43. The van der Waals surface area contributed by atoms with Gasteiger partial charge in [-0.25, -0.2) is 0 Å². The number of ether oxygens (including phenoxy) is 1. The van der Waals surface area contributed by atoms with Crippen molar-refractivity contribution in [2.45, 2.75) is 33.8 Å². The van der Waals surface area contributed by atoms with Crippen LogP contribution in [0.25, 0.3) is 0 Å². The van der Waals surface area contributed by atoms with E-state index in [9.17, 15) is 9.90 Å². The molecular weight excluding hydrogens is 280 g/mol. The highest BCUT2D eigenvalue weighted by Gasteiger charge is 2.14. The molecule has 0 heterocycles. The van der Waals surface area contributed by atoms with E-state index in [-0.39, 0.29) is 12.5 Å². The molecular formula is C17H28N2O3. The van der Waals surface area contributed by atoms with Crippen LogP contribution in [-0.2, 0) is 4.79 Å². The summed E-state index contributed by atoms with van der Waals surface area (Å²) in [6.45, 7) is 10.1.